The quantitative estimate of drug-likeness (QED) is 0.677. The standard InChI is InChI=1S/C15H17N3O3/c1-3-16-14-8-7-13(18(20)21)9-12(14)10-17-11(2)5-4-6-15(17)19/h4-9,16H,3,10H2,1-2H3. The molecule has 0 radical (unpaired) electrons. The third kappa shape index (κ3) is 3.28. The lowest BCUT2D eigenvalue weighted by molar-refractivity contribution is -0.384. The van der Waals surface area contributed by atoms with Crippen molar-refractivity contribution in [1.82, 2.24) is 4.57 Å². The van der Waals surface area contributed by atoms with E-state index in [0.717, 1.165) is 16.9 Å². The number of benzene rings is 1. The van der Waals surface area contributed by atoms with Gasteiger partial charge in [-0.1, -0.05) is 6.07 Å². The SMILES string of the molecule is CCNc1ccc([N+](=O)[O-])cc1Cn1c(C)cccc1=O. The number of nitrogens with zero attached hydrogens (tertiary/aromatic N) is 2. The van der Waals surface area contributed by atoms with E-state index in [4.69, 9.17) is 0 Å². The average molecular weight is 287 g/mol. The minimum Gasteiger partial charge on any atom is -0.385 e. The molecule has 0 saturated carbocycles. The number of rotatable bonds is 5. The minimum absolute atomic E-state index is 0.0216. The largest absolute Gasteiger partial charge is 0.385 e. The van der Waals surface area contributed by atoms with E-state index in [0.29, 0.717) is 13.1 Å². The van der Waals surface area contributed by atoms with Crippen molar-refractivity contribution in [2.24, 2.45) is 0 Å². The smallest absolute Gasteiger partial charge is 0.269 e. The molecule has 6 nitrogen and oxygen atoms in total. The summed E-state index contributed by atoms with van der Waals surface area (Å²) in [7, 11) is 0. The Balaban J connectivity index is 2.48. The van der Waals surface area contributed by atoms with E-state index in [-0.39, 0.29) is 11.2 Å². The summed E-state index contributed by atoms with van der Waals surface area (Å²) in [6, 6.07) is 9.68. The Morgan fingerprint density at radius 3 is 2.67 bits per heavy atom. The van der Waals surface area contributed by atoms with E-state index < -0.39 is 4.92 Å². The normalized spacial score (nSPS) is 10.4. The van der Waals surface area contributed by atoms with Gasteiger partial charge in [-0.15, -0.1) is 0 Å². The third-order valence-corrected chi connectivity index (χ3v) is 3.26. The molecule has 0 atom stereocenters. The van der Waals surface area contributed by atoms with Gasteiger partial charge in [0, 0.05) is 41.7 Å². The zero-order chi connectivity index (χ0) is 15.4. The van der Waals surface area contributed by atoms with Gasteiger partial charge in [-0.2, -0.15) is 0 Å². The molecule has 1 aromatic heterocycles. The zero-order valence-corrected chi connectivity index (χ0v) is 12.0. The highest BCUT2D eigenvalue weighted by Crippen LogP contribution is 2.23. The molecule has 0 saturated heterocycles. The van der Waals surface area contributed by atoms with E-state index in [1.165, 1.54) is 18.2 Å². The molecule has 2 aromatic rings. The summed E-state index contributed by atoms with van der Waals surface area (Å²) in [6.45, 7) is 4.79. The van der Waals surface area contributed by atoms with Crippen LogP contribution in [0.25, 0.3) is 0 Å². The highest BCUT2D eigenvalue weighted by atomic mass is 16.6. The number of hydrogen-bond acceptors (Lipinski definition) is 4. The highest BCUT2D eigenvalue weighted by Gasteiger charge is 2.12. The van der Waals surface area contributed by atoms with Gasteiger partial charge in [-0.3, -0.25) is 14.9 Å². The predicted octanol–water partition coefficient (Wildman–Crippen LogP) is 2.55. The molecule has 1 heterocycles. The molecule has 110 valence electrons. The Labute approximate surface area is 122 Å². The van der Waals surface area contributed by atoms with Crippen molar-refractivity contribution < 1.29 is 4.92 Å². The first-order valence-electron chi connectivity index (χ1n) is 6.70. The number of non-ortho nitro benzene ring substituents is 1. The van der Waals surface area contributed by atoms with Gasteiger partial charge in [0.2, 0.25) is 0 Å². The number of aryl methyl sites for hydroxylation is 1. The van der Waals surface area contributed by atoms with E-state index in [1.807, 2.05) is 19.9 Å². The van der Waals surface area contributed by atoms with Crippen LogP contribution in [0.15, 0.2) is 41.2 Å². The van der Waals surface area contributed by atoms with Crippen molar-refractivity contribution in [3.8, 4) is 0 Å². The lowest BCUT2D eigenvalue weighted by atomic mass is 10.1. The van der Waals surface area contributed by atoms with Crippen LogP contribution in [0, 0.1) is 17.0 Å². The monoisotopic (exact) mass is 287 g/mol. The second kappa shape index (κ2) is 6.21. The number of hydrogen-bond donors (Lipinski definition) is 1. The number of anilines is 1. The molecule has 1 N–H and O–H groups in total. The van der Waals surface area contributed by atoms with Crippen molar-refractivity contribution in [3.63, 3.8) is 0 Å². The lowest BCUT2D eigenvalue weighted by Gasteiger charge is -2.14. The van der Waals surface area contributed by atoms with Crippen LogP contribution >= 0.6 is 0 Å². The van der Waals surface area contributed by atoms with Gasteiger partial charge in [-0.25, -0.2) is 0 Å². The Morgan fingerprint density at radius 1 is 1.29 bits per heavy atom. The second-order valence-corrected chi connectivity index (χ2v) is 4.72. The van der Waals surface area contributed by atoms with Crippen LogP contribution in [0.3, 0.4) is 0 Å². The summed E-state index contributed by atoms with van der Waals surface area (Å²) in [5.41, 5.74) is 2.24. The number of aromatic nitrogens is 1. The summed E-state index contributed by atoms with van der Waals surface area (Å²) in [4.78, 5) is 22.4. The molecule has 1 aromatic carbocycles. The maximum Gasteiger partial charge on any atom is 0.269 e. The molecule has 6 heteroatoms. The first kappa shape index (κ1) is 14.8. The van der Waals surface area contributed by atoms with Gasteiger partial charge in [0.05, 0.1) is 11.5 Å². The van der Waals surface area contributed by atoms with Gasteiger partial charge in [0.25, 0.3) is 11.2 Å². The first-order chi connectivity index (χ1) is 10.0. The summed E-state index contributed by atoms with van der Waals surface area (Å²) >= 11 is 0. The molecule has 0 aliphatic rings. The maximum atomic E-state index is 11.9. The minimum atomic E-state index is -0.431. The highest BCUT2D eigenvalue weighted by molar-refractivity contribution is 5.56. The molecule has 21 heavy (non-hydrogen) atoms. The summed E-state index contributed by atoms with van der Waals surface area (Å²) in [5, 5.41) is 14.1. The molecule has 0 bridgehead atoms. The van der Waals surface area contributed by atoms with Crippen LogP contribution in [0.2, 0.25) is 0 Å². The molecule has 0 aliphatic heterocycles. The molecule has 0 aliphatic carbocycles. The number of pyridine rings is 1. The molecule has 0 unspecified atom stereocenters. The van der Waals surface area contributed by atoms with Crippen molar-refractivity contribution in [2.75, 3.05) is 11.9 Å². The summed E-state index contributed by atoms with van der Waals surface area (Å²) < 4.78 is 1.60. The molecular formula is C15H17N3O3. The molecule has 0 fully saturated rings. The fourth-order valence-corrected chi connectivity index (χ4v) is 2.18. The van der Waals surface area contributed by atoms with Gasteiger partial charge in [0.15, 0.2) is 0 Å². The fraction of sp³-hybridized carbons (Fsp3) is 0.267. The van der Waals surface area contributed by atoms with Gasteiger partial charge in [-0.05, 0) is 26.0 Å². The number of nitro benzene ring substituents is 1. The Hall–Kier alpha value is -2.63. The van der Waals surface area contributed by atoms with Crippen LogP contribution in [0.1, 0.15) is 18.2 Å². The van der Waals surface area contributed by atoms with Gasteiger partial charge < -0.3 is 9.88 Å². The predicted molar refractivity (Wildman–Crippen MR) is 81.8 cm³/mol. The molecular weight excluding hydrogens is 270 g/mol. The average Bonchev–Trinajstić information content (AvgIpc) is 2.44. The van der Waals surface area contributed by atoms with Crippen molar-refractivity contribution in [1.29, 1.82) is 0 Å². The lowest BCUT2D eigenvalue weighted by Crippen LogP contribution is -2.22. The topological polar surface area (TPSA) is 77.2 Å². The number of nitro groups is 1. The van der Waals surface area contributed by atoms with Crippen molar-refractivity contribution in [3.05, 3.63) is 68.1 Å². The van der Waals surface area contributed by atoms with Crippen LogP contribution in [0.4, 0.5) is 11.4 Å². The second-order valence-electron chi connectivity index (χ2n) is 4.72. The molecule has 0 spiro atoms. The zero-order valence-electron chi connectivity index (χ0n) is 12.0. The summed E-state index contributed by atoms with van der Waals surface area (Å²) in [6.07, 6.45) is 0. The Bertz CT molecular complexity index is 722. The van der Waals surface area contributed by atoms with Gasteiger partial charge in [0.1, 0.15) is 0 Å². The fourth-order valence-electron chi connectivity index (χ4n) is 2.18. The number of nitrogens with one attached hydrogen (secondary N) is 1. The third-order valence-electron chi connectivity index (χ3n) is 3.26. The van der Waals surface area contributed by atoms with Crippen LogP contribution in [-0.4, -0.2) is 16.0 Å². The van der Waals surface area contributed by atoms with Crippen molar-refractivity contribution in [2.45, 2.75) is 20.4 Å². The summed E-state index contributed by atoms with van der Waals surface area (Å²) in [5.74, 6) is 0. The first-order valence-corrected chi connectivity index (χ1v) is 6.70. The van der Waals surface area contributed by atoms with E-state index in [1.54, 1.807) is 16.7 Å². The van der Waals surface area contributed by atoms with E-state index >= 15 is 0 Å². The van der Waals surface area contributed by atoms with Crippen LogP contribution in [-0.2, 0) is 6.54 Å². The van der Waals surface area contributed by atoms with E-state index in [9.17, 15) is 14.9 Å². The van der Waals surface area contributed by atoms with Crippen LogP contribution < -0.4 is 10.9 Å². The Kier molecular flexibility index (Phi) is 4.37. The molecule has 2 rings (SSSR count). The van der Waals surface area contributed by atoms with Crippen molar-refractivity contribution >= 4 is 11.4 Å². The van der Waals surface area contributed by atoms with Gasteiger partial charge >= 0.3 is 0 Å². The Morgan fingerprint density at radius 2 is 2.05 bits per heavy atom. The molecule has 0 amide bonds. The maximum absolute atomic E-state index is 11.9. The van der Waals surface area contributed by atoms with E-state index in [2.05, 4.69) is 5.32 Å². The van der Waals surface area contributed by atoms with Crippen LogP contribution in [0.5, 0.6) is 0 Å².